The summed E-state index contributed by atoms with van der Waals surface area (Å²) in [5.41, 5.74) is 5.32. The van der Waals surface area contributed by atoms with Gasteiger partial charge in [0.25, 0.3) is 0 Å². The minimum atomic E-state index is -0.901. The summed E-state index contributed by atoms with van der Waals surface area (Å²) in [6.45, 7) is 0.179. The Kier molecular flexibility index (Phi) is 3.42. The number of methoxy groups -OCH3 is 1. The van der Waals surface area contributed by atoms with E-state index in [1.165, 1.54) is 7.11 Å². The molecule has 1 unspecified atom stereocenters. The molecule has 0 spiro atoms. The third-order valence-electron chi connectivity index (χ3n) is 2.03. The van der Waals surface area contributed by atoms with Crippen LogP contribution in [0.4, 0.5) is 0 Å². The molecular formula is C7H15NO4. The summed E-state index contributed by atoms with van der Waals surface area (Å²) in [7, 11) is 1.49. The predicted molar refractivity (Wildman–Crippen MR) is 41.4 cm³/mol. The second kappa shape index (κ2) is 4.15. The van der Waals surface area contributed by atoms with E-state index in [2.05, 4.69) is 0 Å². The minimum Gasteiger partial charge on any atom is -0.390 e. The van der Waals surface area contributed by atoms with Crippen molar-refractivity contribution in [3.05, 3.63) is 0 Å². The molecule has 1 aliphatic rings. The van der Waals surface area contributed by atoms with Crippen LogP contribution in [0.15, 0.2) is 0 Å². The monoisotopic (exact) mass is 177 g/mol. The Hall–Kier alpha value is -0.200. The highest BCUT2D eigenvalue weighted by Gasteiger charge is 2.35. The fraction of sp³-hybridized carbons (Fsp3) is 1.00. The van der Waals surface area contributed by atoms with Gasteiger partial charge in [-0.05, 0) is 0 Å². The predicted octanol–water partition coefficient (Wildman–Crippen LogP) is -1.57. The second-order valence-electron chi connectivity index (χ2n) is 2.87. The lowest BCUT2D eigenvalue weighted by molar-refractivity contribution is -0.239. The van der Waals surface area contributed by atoms with Gasteiger partial charge in [-0.15, -0.1) is 0 Å². The van der Waals surface area contributed by atoms with Crippen LogP contribution in [0.25, 0.3) is 0 Å². The standard InChI is InChI=1S/C7H15NO4/c1-11-6-2-4(9)7(10)5(3-8)12-6/h4-7,9-10H,2-3,8H2,1H3/t4?,5-,6-,7-/m0/s1. The number of nitrogens with two attached hydrogens (primary N) is 1. The molecule has 0 radical (unpaired) electrons. The maximum absolute atomic E-state index is 9.34. The summed E-state index contributed by atoms with van der Waals surface area (Å²) >= 11 is 0. The highest BCUT2D eigenvalue weighted by molar-refractivity contribution is 4.83. The van der Waals surface area contributed by atoms with Gasteiger partial charge in [-0.1, -0.05) is 0 Å². The van der Waals surface area contributed by atoms with Gasteiger partial charge >= 0.3 is 0 Å². The van der Waals surface area contributed by atoms with E-state index in [4.69, 9.17) is 15.2 Å². The van der Waals surface area contributed by atoms with Gasteiger partial charge in [0, 0.05) is 20.1 Å². The van der Waals surface area contributed by atoms with Crippen molar-refractivity contribution in [3.63, 3.8) is 0 Å². The van der Waals surface area contributed by atoms with E-state index in [1.54, 1.807) is 0 Å². The van der Waals surface area contributed by atoms with Gasteiger partial charge in [0.2, 0.25) is 0 Å². The Morgan fingerprint density at radius 1 is 1.58 bits per heavy atom. The molecule has 5 nitrogen and oxygen atoms in total. The van der Waals surface area contributed by atoms with Gasteiger partial charge in [0.05, 0.1) is 6.10 Å². The Labute approximate surface area is 71.1 Å². The summed E-state index contributed by atoms with van der Waals surface area (Å²) in [5.74, 6) is 0. The van der Waals surface area contributed by atoms with Crippen molar-refractivity contribution in [1.82, 2.24) is 0 Å². The van der Waals surface area contributed by atoms with Crippen LogP contribution in [0.1, 0.15) is 6.42 Å². The summed E-state index contributed by atoms with van der Waals surface area (Å²) < 4.78 is 10.1. The number of aliphatic hydroxyl groups excluding tert-OH is 2. The van der Waals surface area contributed by atoms with Crippen LogP contribution < -0.4 is 5.73 Å². The lowest BCUT2D eigenvalue weighted by Crippen LogP contribution is -2.51. The molecule has 0 aromatic carbocycles. The van der Waals surface area contributed by atoms with E-state index in [0.717, 1.165) is 0 Å². The normalized spacial score (nSPS) is 43.0. The van der Waals surface area contributed by atoms with Gasteiger partial charge in [-0.3, -0.25) is 0 Å². The summed E-state index contributed by atoms with van der Waals surface area (Å²) in [6.07, 6.45) is -2.41. The number of rotatable bonds is 2. The fourth-order valence-electron chi connectivity index (χ4n) is 1.26. The zero-order chi connectivity index (χ0) is 9.14. The summed E-state index contributed by atoms with van der Waals surface area (Å²) in [6, 6.07) is 0. The van der Waals surface area contributed by atoms with Gasteiger partial charge in [0.15, 0.2) is 6.29 Å². The molecule has 0 aromatic rings. The molecule has 0 aromatic heterocycles. The van der Waals surface area contributed by atoms with Gasteiger partial charge < -0.3 is 25.4 Å². The fourth-order valence-corrected chi connectivity index (χ4v) is 1.26. The van der Waals surface area contributed by atoms with Crippen molar-refractivity contribution >= 4 is 0 Å². The van der Waals surface area contributed by atoms with Crippen LogP contribution in [0.2, 0.25) is 0 Å². The maximum Gasteiger partial charge on any atom is 0.160 e. The van der Waals surface area contributed by atoms with E-state index in [9.17, 15) is 10.2 Å². The highest BCUT2D eigenvalue weighted by atomic mass is 16.7. The van der Waals surface area contributed by atoms with Crippen molar-refractivity contribution < 1.29 is 19.7 Å². The number of ether oxygens (including phenoxy) is 2. The largest absolute Gasteiger partial charge is 0.390 e. The summed E-state index contributed by atoms with van der Waals surface area (Å²) in [5, 5.41) is 18.7. The first kappa shape index (κ1) is 9.88. The zero-order valence-corrected chi connectivity index (χ0v) is 7.01. The third-order valence-corrected chi connectivity index (χ3v) is 2.03. The van der Waals surface area contributed by atoms with Crippen LogP contribution in [-0.4, -0.2) is 48.5 Å². The maximum atomic E-state index is 9.34. The molecule has 4 atom stereocenters. The molecule has 1 saturated heterocycles. The van der Waals surface area contributed by atoms with E-state index in [-0.39, 0.29) is 13.0 Å². The Bertz CT molecular complexity index is 143. The minimum absolute atomic E-state index is 0.179. The van der Waals surface area contributed by atoms with Gasteiger partial charge in [-0.2, -0.15) is 0 Å². The molecule has 0 saturated carbocycles. The van der Waals surface area contributed by atoms with Crippen LogP contribution >= 0.6 is 0 Å². The number of hydrogen-bond donors (Lipinski definition) is 3. The third kappa shape index (κ3) is 1.94. The van der Waals surface area contributed by atoms with Gasteiger partial charge in [-0.25, -0.2) is 0 Å². The first-order valence-corrected chi connectivity index (χ1v) is 3.93. The lowest BCUT2D eigenvalue weighted by atomic mass is 10.0. The molecule has 0 amide bonds. The van der Waals surface area contributed by atoms with Crippen molar-refractivity contribution in [3.8, 4) is 0 Å². The Morgan fingerprint density at radius 3 is 2.75 bits per heavy atom. The molecular weight excluding hydrogens is 162 g/mol. The van der Waals surface area contributed by atoms with E-state index in [0.29, 0.717) is 0 Å². The molecule has 0 aliphatic carbocycles. The summed E-state index contributed by atoms with van der Waals surface area (Å²) in [4.78, 5) is 0. The molecule has 1 rings (SSSR count). The average molecular weight is 177 g/mol. The van der Waals surface area contributed by atoms with Crippen molar-refractivity contribution in [2.75, 3.05) is 13.7 Å². The van der Waals surface area contributed by atoms with Crippen LogP contribution in [0.5, 0.6) is 0 Å². The molecule has 0 bridgehead atoms. The number of hydrogen-bond acceptors (Lipinski definition) is 5. The first-order valence-electron chi connectivity index (χ1n) is 3.93. The molecule has 5 heteroatoms. The van der Waals surface area contributed by atoms with Crippen molar-refractivity contribution in [1.29, 1.82) is 0 Å². The lowest BCUT2D eigenvalue weighted by Gasteiger charge is -2.35. The molecule has 12 heavy (non-hydrogen) atoms. The van der Waals surface area contributed by atoms with E-state index >= 15 is 0 Å². The highest BCUT2D eigenvalue weighted by Crippen LogP contribution is 2.19. The zero-order valence-electron chi connectivity index (χ0n) is 7.01. The van der Waals surface area contributed by atoms with E-state index < -0.39 is 24.6 Å². The Morgan fingerprint density at radius 2 is 2.25 bits per heavy atom. The van der Waals surface area contributed by atoms with Gasteiger partial charge in [0.1, 0.15) is 12.2 Å². The molecule has 4 N–H and O–H groups in total. The Balaban J connectivity index is 2.52. The van der Waals surface area contributed by atoms with Crippen molar-refractivity contribution in [2.45, 2.75) is 31.0 Å². The molecule has 1 fully saturated rings. The van der Waals surface area contributed by atoms with E-state index in [1.807, 2.05) is 0 Å². The smallest absolute Gasteiger partial charge is 0.160 e. The second-order valence-corrected chi connectivity index (χ2v) is 2.87. The molecule has 1 heterocycles. The van der Waals surface area contributed by atoms with Crippen LogP contribution in [0.3, 0.4) is 0 Å². The quantitative estimate of drug-likeness (QED) is 0.474. The molecule has 72 valence electrons. The SMILES string of the molecule is CO[C@@H]1CC(O)[C@H](O)[C@H](CN)O1. The first-order chi connectivity index (χ1) is 5.69. The van der Waals surface area contributed by atoms with Crippen molar-refractivity contribution in [2.24, 2.45) is 5.73 Å². The topological polar surface area (TPSA) is 84.9 Å². The average Bonchev–Trinajstić information content (AvgIpc) is 2.09. The number of aliphatic hydroxyl groups is 2. The van der Waals surface area contributed by atoms with Crippen LogP contribution in [0, 0.1) is 0 Å². The molecule has 1 aliphatic heterocycles. The van der Waals surface area contributed by atoms with Crippen LogP contribution in [-0.2, 0) is 9.47 Å².